The molecule has 2 aromatic heterocycles. The first-order valence-corrected chi connectivity index (χ1v) is 15.5. The molecule has 1 aliphatic heterocycles. The normalized spacial score (nSPS) is 13.1. The highest BCUT2D eigenvalue weighted by molar-refractivity contribution is 7.17. The van der Waals surface area contributed by atoms with Gasteiger partial charge in [0.1, 0.15) is 5.75 Å². The van der Waals surface area contributed by atoms with Crippen molar-refractivity contribution in [3.8, 4) is 11.8 Å². The number of anilines is 2. The highest BCUT2D eigenvalue weighted by Crippen LogP contribution is 2.27. The predicted molar refractivity (Wildman–Crippen MR) is 174 cm³/mol. The molecule has 0 radical (unpaired) electrons. The predicted octanol–water partition coefficient (Wildman–Crippen LogP) is 6.39. The molecule has 222 valence electrons. The number of carbonyl (C=O) groups excluding carboxylic acids is 1. The molecule has 8 nitrogen and oxygen atoms in total. The Kier molecular flexibility index (Phi) is 8.82. The van der Waals surface area contributed by atoms with E-state index in [9.17, 15) is 9.90 Å². The van der Waals surface area contributed by atoms with E-state index in [1.807, 2.05) is 53.8 Å². The second kappa shape index (κ2) is 13.2. The summed E-state index contributed by atoms with van der Waals surface area (Å²) in [5.41, 5.74) is 5.94. The molecule has 1 saturated heterocycles. The second-order valence-electron chi connectivity index (χ2n) is 10.7. The van der Waals surface area contributed by atoms with Crippen molar-refractivity contribution in [3.63, 3.8) is 0 Å². The zero-order chi connectivity index (χ0) is 30.5. The number of phenols is 1. The van der Waals surface area contributed by atoms with Crippen LogP contribution < -0.4 is 9.80 Å². The fourth-order valence-corrected chi connectivity index (χ4v) is 6.45. The van der Waals surface area contributed by atoms with Crippen LogP contribution in [-0.2, 0) is 19.6 Å². The van der Waals surface area contributed by atoms with Crippen molar-refractivity contribution >= 4 is 40.2 Å². The van der Waals surface area contributed by atoms with Crippen LogP contribution in [0.25, 0.3) is 0 Å². The lowest BCUT2D eigenvalue weighted by Crippen LogP contribution is -2.48. The van der Waals surface area contributed by atoms with E-state index in [1.165, 1.54) is 11.3 Å². The minimum absolute atomic E-state index is 0.0397. The molecule has 0 aliphatic carbocycles. The number of aromatic hydroxyl groups is 1. The highest BCUT2D eigenvalue weighted by Gasteiger charge is 2.23. The lowest BCUT2D eigenvalue weighted by Gasteiger charge is -2.36. The molecule has 0 saturated carbocycles. The Morgan fingerprint density at radius 1 is 0.955 bits per heavy atom. The number of aromatic nitrogens is 2. The highest BCUT2D eigenvalue weighted by atomic mass is 35.5. The maximum atomic E-state index is 12.9. The molecule has 3 heterocycles. The summed E-state index contributed by atoms with van der Waals surface area (Å²) < 4.78 is 2.75. The Hall–Kier alpha value is -4.78. The molecule has 1 amide bonds. The van der Waals surface area contributed by atoms with Crippen LogP contribution in [0.15, 0.2) is 97.5 Å². The fraction of sp³-hybridized carbons (Fsp3) is 0.206. The van der Waals surface area contributed by atoms with Crippen LogP contribution in [-0.4, -0.2) is 51.6 Å². The van der Waals surface area contributed by atoms with Gasteiger partial charge in [-0.15, -0.1) is 11.3 Å². The number of imidazole rings is 1. The Morgan fingerprint density at radius 2 is 1.73 bits per heavy atom. The number of hydrogen-bond acceptors (Lipinski definition) is 7. The number of amides is 1. The van der Waals surface area contributed by atoms with Crippen LogP contribution in [0.1, 0.15) is 32.1 Å². The molecule has 5 aromatic rings. The van der Waals surface area contributed by atoms with Gasteiger partial charge in [0.2, 0.25) is 0 Å². The minimum Gasteiger partial charge on any atom is -0.508 e. The van der Waals surface area contributed by atoms with E-state index in [0.29, 0.717) is 47.5 Å². The number of benzene rings is 3. The summed E-state index contributed by atoms with van der Waals surface area (Å²) in [7, 11) is 0. The van der Waals surface area contributed by atoms with Crippen molar-refractivity contribution in [3.05, 3.63) is 129 Å². The van der Waals surface area contributed by atoms with Crippen molar-refractivity contribution < 1.29 is 9.90 Å². The van der Waals surface area contributed by atoms with E-state index in [1.54, 1.807) is 24.3 Å². The molecule has 6 rings (SSSR count). The summed E-state index contributed by atoms with van der Waals surface area (Å²) in [5, 5.41) is 19.2. The van der Waals surface area contributed by atoms with Gasteiger partial charge in [0.05, 0.1) is 39.4 Å². The number of piperazine rings is 1. The van der Waals surface area contributed by atoms with E-state index in [-0.39, 0.29) is 11.7 Å². The summed E-state index contributed by atoms with van der Waals surface area (Å²) in [6.45, 7) is 4.68. The van der Waals surface area contributed by atoms with Crippen LogP contribution in [0.2, 0.25) is 4.34 Å². The van der Waals surface area contributed by atoms with Gasteiger partial charge in [0, 0.05) is 56.8 Å². The van der Waals surface area contributed by atoms with Crippen LogP contribution in [0.5, 0.6) is 5.75 Å². The fourth-order valence-electron chi connectivity index (χ4n) is 5.44. The number of phenolic OH excluding ortho intramolecular Hbond substituents is 1. The monoisotopic (exact) mass is 622 g/mol. The zero-order valence-electron chi connectivity index (χ0n) is 24.0. The average molecular weight is 623 g/mol. The van der Waals surface area contributed by atoms with Gasteiger partial charge in [-0.2, -0.15) is 5.26 Å². The van der Waals surface area contributed by atoms with Crippen molar-refractivity contribution in [2.45, 2.75) is 19.6 Å². The summed E-state index contributed by atoms with van der Waals surface area (Å²) >= 11 is 7.36. The first kappa shape index (κ1) is 29.3. The van der Waals surface area contributed by atoms with Gasteiger partial charge >= 0.3 is 0 Å². The summed E-state index contributed by atoms with van der Waals surface area (Å²) in [5.74, 6) is 0.279. The number of nitriles is 1. The van der Waals surface area contributed by atoms with E-state index in [2.05, 4.69) is 49.7 Å². The molecule has 44 heavy (non-hydrogen) atoms. The Balaban J connectivity index is 1.17. The van der Waals surface area contributed by atoms with Crippen LogP contribution in [0.3, 0.4) is 0 Å². The standard InChI is InChI=1S/C34H31ClN6O2S/c35-33-13-12-32(44-33)34(43)39-16-14-38(15-17-39)28-8-10-29(11-9-28)40(22-27-2-1-3-31(42)18-27)23-30-20-37-24-41(30)21-26-6-4-25(19-36)5-7-26/h1-13,18,20,24,42H,14-17,21-23H2. The minimum atomic E-state index is 0.0397. The van der Waals surface area contributed by atoms with Crippen molar-refractivity contribution in [2.24, 2.45) is 0 Å². The van der Waals surface area contributed by atoms with Crippen molar-refractivity contribution in [1.29, 1.82) is 5.26 Å². The lowest BCUT2D eigenvalue weighted by atomic mass is 10.1. The summed E-state index contributed by atoms with van der Waals surface area (Å²) in [6, 6.07) is 29.2. The van der Waals surface area contributed by atoms with Crippen molar-refractivity contribution in [2.75, 3.05) is 36.0 Å². The van der Waals surface area contributed by atoms with Gasteiger partial charge in [-0.25, -0.2) is 4.98 Å². The van der Waals surface area contributed by atoms with Gasteiger partial charge in [0.25, 0.3) is 5.91 Å². The van der Waals surface area contributed by atoms with Crippen LogP contribution >= 0.6 is 22.9 Å². The molecule has 3 aromatic carbocycles. The van der Waals surface area contributed by atoms with E-state index >= 15 is 0 Å². The van der Waals surface area contributed by atoms with Gasteiger partial charge < -0.3 is 24.4 Å². The maximum absolute atomic E-state index is 12.9. The SMILES string of the molecule is N#Cc1ccc(Cn2cncc2CN(Cc2cccc(O)c2)c2ccc(N3CCN(C(=O)c4ccc(Cl)s4)CC3)cc2)cc1. The molecule has 1 fully saturated rings. The number of nitrogens with zero attached hydrogens (tertiary/aromatic N) is 6. The largest absolute Gasteiger partial charge is 0.508 e. The zero-order valence-corrected chi connectivity index (χ0v) is 25.6. The third kappa shape index (κ3) is 6.88. The van der Waals surface area contributed by atoms with Gasteiger partial charge in [-0.3, -0.25) is 4.79 Å². The summed E-state index contributed by atoms with van der Waals surface area (Å²) in [4.78, 5) is 24.4. The first-order valence-electron chi connectivity index (χ1n) is 14.4. The molecule has 1 N–H and O–H groups in total. The average Bonchev–Trinajstić information content (AvgIpc) is 3.69. The Labute approximate surface area is 265 Å². The molecule has 10 heteroatoms. The Morgan fingerprint density at radius 3 is 2.41 bits per heavy atom. The number of halogens is 1. The summed E-state index contributed by atoms with van der Waals surface area (Å²) in [6.07, 6.45) is 3.72. The number of hydrogen-bond donors (Lipinski definition) is 1. The second-order valence-corrected chi connectivity index (χ2v) is 12.5. The lowest BCUT2D eigenvalue weighted by molar-refractivity contribution is 0.0751. The van der Waals surface area contributed by atoms with Gasteiger partial charge in [-0.05, 0) is 71.8 Å². The topological polar surface area (TPSA) is 88.6 Å². The first-order chi connectivity index (χ1) is 21.4. The van der Waals surface area contributed by atoms with Crippen LogP contribution in [0.4, 0.5) is 11.4 Å². The molecule has 0 unspecified atom stereocenters. The molecule has 1 aliphatic rings. The molecule has 0 bridgehead atoms. The molecular weight excluding hydrogens is 592 g/mol. The Bertz CT molecular complexity index is 1770. The number of thiophene rings is 1. The molecular formula is C34H31ClN6O2S. The third-order valence-corrected chi connectivity index (χ3v) is 9.02. The van der Waals surface area contributed by atoms with E-state index in [4.69, 9.17) is 16.9 Å². The van der Waals surface area contributed by atoms with Gasteiger partial charge in [0.15, 0.2) is 0 Å². The van der Waals surface area contributed by atoms with Crippen LogP contribution in [0, 0.1) is 11.3 Å². The molecule has 0 spiro atoms. The maximum Gasteiger partial charge on any atom is 0.264 e. The third-order valence-electron chi connectivity index (χ3n) is 7.80. The molecule has 0 atom stereocenters. The van der Waals surface area contributed by atoms with Crippen molar-refractivity contribution in [1.82, 2.24) is 14.5 Å². The van der Waals surface area contributed by atoms with Gasteiger partial charge in [-0.1, -0.05) is 35.9 Å². The number of rotatable bonds is 9. The van der Waals surface area contributed by atoms with E-state index < -0.39 is 0 Å². The number of carbonyl (C=O) groups is 1. The quantitative estimate of drug-likeness (QED) is 0.205. The van der Waals surface area contributed by atoms with E-state index in [0.717, 1.165) is 41.3 Å². The smallest absolute Gasteiger partial charge is 0.264 e.